The Labute approximate surface area is 130 Å². The van der Waals surface area contributed by atoms with Crippen LogP contribution in [-0.4, -0.2) is 32.6 Å². The van der Waals surface area contributed by atoms with Gasteiger partial charge in [0.1, 0.15) is 5.56 Å². The van der Waals surface area contributed by atoms with Gasteiger partial charge in [-0.2, -0.15) is 13.2 Å². The lowest BCUT2D eigenvalue weighted by molar-refractivity contribution is -0.139. The second kappa shape index (κ2) is 7.66. The molecule has 0 bridgehead atoms. The third kappa shape index (κ3) is 4.73. The minimum Gasteiger partial charge on any atom is -0.493 e. The van der Waals surface area contributed by atoms with Gasteiger partial charge >= 0.3 is 12.1 Å². The van der Waals surface area contributed by atoms with Crippen LogP contribution in [0.15, 0.2) is 24.3 Å². The fourth-order valence-corrected chi connectivity index (χ4v) is 1.75. The number of hydrogen-bond donors (Lipinski definition) is 0. The number of carbonyl (C=O) groups excluding carboxylic acids is 2. The van der Waals surface area contributed by atoms with E-state index in [0.717, 1.165) is 32.4 Å². The van der Waals surface area contributed by atoms with Gasteiger partial charge in [-0.1, -0.05) is 0 Å². The highest BCUT2D eigenvalue weighted by Crippen LogP contribution is 2.42. The summed E-state index contributed by atoms with van der Waals surface area (Å²) in [5.41, 5.74) is -1.44. The molecule has 126 valence electrons. The monoisotopic (exact) mass is 332 g/mol. The molecule has 8 heteroatoms. The van der Waals surface area contributed by atoms with Gasteiger partial charge in [0.2, 0.25) is 0 Å². The Kier molecular flexibility index (Phi) is 6.18. The molecule has 0 unspecified atom stereocenters. The summed E-state index contributed by atoms with van der Waals surface area (Å²) >= 11 is 0. The Balaban J connectivity index is 3.27. The van der Waals surface area contributed by atoms with E-state index in [-0.39, 0.29) is 17.9 Å². The van der Waals surface area contributed by atoms with Crippen LogP contribution in [0.4, 0.5) is 13.2 Å². The molecular formula is C15H15F3O5. The largest absolute Gasteiger partial charge is 0.493 e. The summed E-state index contributed by atoms with van der Waals surface area (Å²) in [5, 5.41) is 0. The summed E-state index contributed by atoms with van der Waals surface area (Å²) in [5.74, 6) is -2.33. The molecule has 0 aliphatic carbocycles. The minimum absolute atomic E-state index is 0.117. The quantitative estimate of drug-likeness (QED) is 0.455. The van der Waals surface area contributed by atoms with Crippen molar-refractivity contribution in [3.05, 3.63) is 35.4 Å². The van der Waals surface area contributed by atoms with Crippen molar-refractivity contribution in [3.8, 4) is 11.5 Å². The van der Waals surface area contributed by atoms with Crippen LogP contribution in [0.25, 0.3) is 0 Å². The molecular weight excluding hydrogens is 317 g/mol. The van der Waals surface area contributed by atoms with E-state index in [1.54, 1.807) is 6.92 Å². The van der Waals surface area contributed by atoms with Crippen LogP contribution < -0.4 is 9.47 Å². The summed E-state index contributed by atoms with van der Waals surface area (Å²) in [6.45, 7) is 1.70. The molecule has 0 spiro atoms. The number of benzene rings is 1. The average Bonchev–Trinajstić information content (AvgIpc) is 2.50. The minimum atomic E-state index is -4.74. The van der Waals surface area contributed by atoms with E-state index in [0.29, 0.717) is 6.07 Å². The number of ketones is 1. The normalized spacial score (nSPS) is 11.4. The van der Waals surface area contributed by atoms with Gasteiger partial charge in [0.25, 0.3) is 0 Å². The lowest BCUT2D eigenvalue weighted by Gasteiger charge is -2.16. The molecule has 5 nitrogen and oxygen atoms in total. The van der Waals surface area contributed by atoms with Gasteiger partial charge in [-0.25, -0.2) is 4.79 Å². The third-order valence-electron chi connectivity index (χ3n) is 2.73. The fourth-order valence-electron chi connectivity index (χ4n) is 1.75. The maximum Gasteiger partial charge on any atom is 0.420 e. The second-order valence-electron chi connectivity index (χ2n) is 4.21. The van der Waals surface area contributed by atoms with Crippen LogP contribution in [0, 0.1) is 0 Å². The zero-order valence-electron chi connectivity index (χ0n) is 12.7. The maximum atomic E-state index is 13.1. The van der Waals surface area contributed by atoms with Gasteiger partial charge in [0, 0.05) is 11.6 Å². The first-order valence-electron chi connectivity index (χ1n) is 6.47. The highest BCUT2D eigenvalue weighted by atomic mass is 19.4. The lowest BCUT2D eigenvalue weighted by atomic mass is 10.0. The summed E-state index contributed by atoms with van der Waals surface area (Å²) in [7, 11) is 2.22. The Bertz CT molecular complexity index is 620. The van der Waals surface area contributed by atoms with E-state index in [9.17, 15) is 22.8 Å². The van der Waals surface area contributed by atoms with E-state index in [2.05, 4.69) is 4.74 Å². The van der Waals surface area contributed by atoms with Crippen LogP contribution in [-0.2, 0) is 15.7 Å². The Morgan fingerprint density at radius 1 is 1.13 bits per heavy atom. The van der Waals surface area contributed by atoms with Crippen molar-refractivity contribution >= 4 is 11.8 Å². The van der Waals surface area contributed by atoms with Crippen LogP contribution >= 0.6 is 0 Å². The molecule has 0 aliphatic rings. The van der Waals surface area contributed by atoms with E-state index in [1.807, 2.05) is 0 Å². The summed E-state index contributed by atoms with van der Waals surface area (Å²) < 4.78 is 53.3. The third-order valence-corrected chi connectivity index (χ3v) is 2.73. The number of carbonyl (C=O) groups is 2. The number of allylic oxidation sites excluding steroid dienone is 1. The molecule has 0 aromatic heterocycles. The first-order chi connectivity index (χ1) is 10.7. The molecule has 1 aromatic carbocycles. The molecule has 0 radical (unpaired) electrons. The van der Waals surface area contributed by atoms with Crippen molar-refractivity contribution in [2.45, 2.75) is 13.1 Å². The van der Waals surface area contributed by atoms with Gasteiger partial charge in [-0.05, 0) is 25.1 Å². The molecule has 0 heterocycles. The predicted octanol–water partition coefficient (Wildman–Crippen LogP) is 3.02. The number of rotatable bonds is 6. The van der Waals surface area contributed by atoms with Crippen LogP contribution in [0.2, 0.25) is 0 Å². The standard InChI is InChI=1S/C15H15F3O5/c1-4-23-13(20)6-5-11(19)9-7-10(15(16,17)18)14(22-3)12(8-9)21-2/h5-8H,4H2,1-3H3. The van der Waals surface area contributed by atoms with Crippen LogP contribution in [0.5, 0.6) is 11.5 Å². The number of hydrogen-bond acceptors (Lipinski definition) is 5. The lowest BCUT2D eigenvalue weighted by Crippen LogP contribution is -2.11. The number of alkyl halides is 3. The smallest absolute Gasteiger partial charge is 0.420 e. The highest BCUT2D eigenvalue weighted by molar-refractivity contribution is 6.07. The maximum absolute atomic E-state index is 13.1. The zero-order valence-corrected chi connectivity index (χ0v) is 12.7. The topological polar surface area (TPSA) is 61.8 Å². The number of esters is 1. The van der Waals surface area contributed by atoms with Crippen LogP contribution in [0.3, 0.4) is 0 Å². The first-order valence-corrected chi connectivity index (χ1v) is 6.47. The van der Waals surface area contributed by atoms with Crippen molar-refractivity contribution < 1.29 is 37.0 Å². The van der Waals surface area contributed by atoms with E-state index >= 15 is 0 Å². The number of ether oxygens (including phenoxy) is 3. The van der Waals surface area contributed by atoms with Crippen molar-refractivity contribution in [2.75, 3.05) is 20.8 Å². The molecule has 23 heavy (non-hydrogen) atoms. The SMILES string of the molecule is CCOC(=O)C=CC(=O)c1cc(OC)c(OC)c(C(F)(F)F)c1. The van der Waals surface area contributed by atoms with Gasteiger partial charge in [0.05, 0.1) is 20.8 Å². The first kappa shape index (κ1) is 18.5. The number of methoxy groups -OCH3 is 2. The summed E-state index contributed by atoms with van der Waals surface area (Å²) in [6.07, 6.45) is -3.06. The van der Waals surface area contributed by atoms with E-state index in [1.165, 1.54) is 0 Å². The molecule has 0 atom stereocenters. The Hall–Kier alpha value is -2.51. The molecule has 0 fully saturated rings. The fraction of sp³-hybridized carbons (Fsp3) is 0.333. The molecule has 0 saturated heterocycles. The summed E-state index contributed by atoms with van der Waals surface area (Å²) in [6, 6.07) is 1.74. The molecule has 1 rings (SSSR count). The predicted molar refractivity (Wildman–Crippen MR) is 74.7 cm³/mol. The zero-order chi connectivity index (χ0) is 17.6. The molecule has 0 aliphatic heterocycles. The van der Waals surface area contributed by atoms with Crippen molar-refractivity contribution in [1.29, 1.82) is 0 Å². The molecule has 0 N–H and O–H groups in total. The van der Waals surface area contributed by atoms with Gasteiger partial charge < -0.3 is 14.2 Å². The summed E-state index contributed by atoms with van der Waals surface area (Å²) in [4.78, 5) is 23.1. The molecule has 0 amide bonds. The molecule has 0 saturated carbocycles. The number of halogens is 3. The van der Waals surface area contributed by atoms with Gasteiger partial charge in [0.15, 0.2) is 17.3 Å². The van der Waals surface area contributed by atoms with Crippen LogP contribution in [0.1, 0.15) is 22.8 Å². The average molecular weight is 332 g/mol. The van der Waals surface area contributed by atoms with E-state index in [4.69, 9.17) is 9.47 Å². The van der Waals surface area contributed by atoms with Crippen molar-refractivity contribution in [3.63, 3.8) is 0 Å². The Morgan fingerprint density at radius 3 is 2.26 bits per heavy atom. The van der Waals surface area contributed by atoms with Crippen molar-refractivity contribution in [2.24, 2.45) is 0 Å². The van der Waals surface area contributed by atoms with Gasteiger partial charge in [-0.3, -0.25) is 4.79 Å². The van der Waals surface area contributed by atoms with E-state index < -0.39 is 29.2 Å². The second-order valence-corrected chi connectivity index (χ2v) is 4.21. The molecule has 1 aromatic rings. The van der Waals surface area contributed by atoms with Gasteiger partial charge in [-0.15, -0.1) is 0 Å². The van der Waals surface area contributed by atoms with Crippen molar-refractivity contribution in [1.82, 2.24) is 0 Å². The highest BCUT2D eigenvalue weighted by Gasteiger charge is 2.36. The Morgan fingerprint density at radius 2 is 1.78 bits per heavy atom.